The molecular formula is C19H24N2. The average Bonchev–Trinajstić information content (AvgIpc) is 2.81. The van der Waals surface area contributed by atoms with Gasteiger partial charge in [-0.15, -0.1) is 0 Å². The zero-order valence-corrected chi connectivity index (χ0v) is 12.6. The van der Waals surface area contributed by atoms with Crippen LogP contribution in [-0.4, -0.2) is 13.1 Å². The van der Waals surface area contributed by atoms with E-state index in [4.69, 9.17) is 0 Å². The number of nitrogens with one attached hydrogen (secondary N) is 2. The Balaban J connectivity index is 0.000000126. The maximum absolute atomic E-state index is 3.43. The number of hydrogen-bond donors (Lipinski definition) is 2. The summed E-state index contributed by atoms with van der Waals surface area (Å²) in [6.45, 7) is 3.32. The normalized spacial score (nSPS) is 16.4. The van der Waals surface area contributed by atoms with Crippen LogP contribution in [0.3, 0.4) is 0 Å². The molecule has 4 rings (SSSR count). The summed E-state index contributed by atoms with van der Waals surface area (Å²) in [7, 11) is 0. The van der Waals surface area contributed by atoms with Crippen molar-refractivity contribution in [3.05, 3.63) is 65.2 Å². The molecule has 2 heteroatoms. The molecule has 2 aliphatic heterocycles. The SMILES string of the molecule is c1ccc2c(c1)CCCCN2.c1ccc2c(c1)CCNC2. The summed E-state index contributed by atoms with van der Waals surface area (Å²) >= 11 is 0. The third-order valence-corrected chi connectivity index (χ3v) is 4.21. The summed E-state index contributed by atoms with van der Waals surface area (Å²) in [4.78, 5) is 0. The van der Waals surface area contributed by atoms with Gasteiger partial charge in [-0.3, -0.25) is 0 Å². The van der Waals surface area contributed by atoms with Gasteiger partial charge in [0.1, 0.15) is 0 Å². The van der Waals surface area contributed by atoms with Crippen LogP contribution in [0.5, 0.6) is 0 Å². The van der Waals surface area contributed by atoms with E-state index in [2.05, 4.69) is 59.2 Å². The van der Waals surface area contributed by atoms with Gasteiger partial charge in [0.05, 0.1) is 0 Å². The fourth-order valence-electron chi connectivity index (χ4n) is 2.99. The van der Waals surface area contributed by atoms with Crippen LogP contribution in [0.4, 0.5) is 5.69 Å². The fourth-order valence-corrected chi connectivity index (χ4v) is 2.99. The Morgan fingerprint density at radius 2 is 1.43 bits per heavy atom. The van der Waals surface area contributed by atoms with Crippen LogP contribution < -0.4 is 10.6 Å². The highest BCUT2D eigenvalue weighted by Gasteiger charge is 2.05. The van der Waals surface area contributed by atoms with Crippen molar-refractivity contribution in [2.75, 3.05) is 18.4 Å². The highest BCUT2D eigenvalue weighted by atomic mass is 14.9. The number of fused-ring (bicyclic) bond motifs is 2. The first kappa shape index (κ1) is 14.2. The van der Waals surface area contributed by atoms with Crippen molar-refractivity contribution < 1.29 is 0 Å². The minimum Gasteiger partial charge on any atom is -0.385 e. The van der Waals surface area contributed by atoms with Crippen molar-refractivity contribution in [1.82, 2.24) is 5.32 Å². The Labute approximate surface area is 127 Å². The number of hydrogen-bond acceptors (Lipinski definition) is 2. The van der Waals surface area contributed by atoms with Gasteiger partial charge in [0.25, 0.3) is 0 Å². The lowest BCUT2D eigenvalue weighted by atomic mass is 10.0. The molecule has 0 aliphatic carbocycles. The fraction of sp³-hybridized carbons (Fsp3) is 0.368. The Bertz CT molecular complexity index is 527. The Hall–Kier alpha value is -1.80. The molecule has 0 saturated carbocycles. The molecule has 0 atom stereocenters. The summed E-state index contributed by atoms with van der Waals surface area (Å²) in [5.74, 6) is 0. The maximum Gasteiger partial charge on any atom is 0.0372 e. The number of anilines is 1. The lowest BCUT2D eigenvalue weighted by molar-refractivity contribution is 0.644. The lowest BCUT2D eigenvalue weighted by Gasteiger charge is -2.15. The van der Waals surface area contributed by atoms with Gasteiger partial charge in [0, 0.05) is 18.8 Å². The van der Waals surface area contributed by atoms with Gasteiger partial charge < -0.3 is 10.6 Å². The van der Waals surface area contributed by atoms with Crippen LogP contribution in [0.25, 0.3) is 0 Å². The Kier molecular flexibility index (Phi) is 4.90. The predicted molar refractivity (Wildman–Crippen MR) is 89.7 cm³/mol. The van der Waals surface area contributed by atoms with Crippen molar-refractivity contribution in [2.45, 2.75) is 32.2 Å². The molecule has 2 N–H and O–H groups in total. The second-order valence-corrected chi connectivity index (χ2v) is 5.74. The van der Waals surface area contributed by atoms with Crippen molar-refractivity contribution in [1.29, 1.82) is 0 Å². The topological polar surface area (TPSA) is 24.1 Å². The van der Waals surface area contributed by atoms with Crippen molar-refractivity contribution in [3.8, 4) is 0 Å². The van der Waals surface area contributed by atoms with Gasteiger partial charge in [-0.25, -0.2) is 0 Å². The first-order valence-corrected chi connectivity index (χ1v) is 8.03. The first-order chi connectivity index (χ1) is 10.4. The molecule has 0 fully saturated rings. The summed E-state index contributed by atoms with van der Waals surface area (Å²) in [5, 5.41) is 6.77. The molecule has 2 aliphatic rings. The van der Waals surface area contributed by atoms with Crippen LogP contribution >= 0.6 is 0 Å². The molecule has 2 aromatic rings. The summed E-state index contributed by atoms with van der Waals surface area (Å²) < 4.78 is 0. The quantitative estimate of drug-likeness (QED) is 0.767. The summed E-state index contributed by atoms with van der Waals surface area (Å²) in [6, 6.07) is 17.2. The van der Waals surface area contributed by atoms with Gasteiger partial charge in [-0.05, 0) is 55.0 Å². The molecule has 0 amide bonds. The molecule has 0 bridgehead atoms. The molecular weight excluding hydrogens is 256 g/mol. The number of benzene rings is 2. The lowest BCUT2D eigenvalue weighted by Crippen LogP contribution is -2.23. The molecule has 2 heterocycles. The third-order valence-electron chi connectivity index (χ3n) is 4.21. The molecule has 21 heavy (non-hydrogen) atoms. The first-order valence-electron chi connectivity index (χ1n) is 8.03. The number of rotatable bonds is 0. The number of aryl methyl sites for hydroxylation is 1. The monoisotopic (exact) mass is 280 g/mol. The van der Waals surface area contributed by atoms with Crippen molar-refractivity contribution in [2.24, 2.45) is 0 Å². The van der Waals surface area contributed by atoms with Crippen LogP contribution in [0.2, 0.25) is 0 Å². The van der Waals surface area contributed by atoms with Gasteiger partial charge in [0.2, 0.25) is 0 Å². The Morgan fingerprint density at radius 3 is 2.29 bits per heavy atom. The second-order valence-electron chi connectivity index (χ2n) is 5.74. The minimum atomic E-state index is 1.05. The summed E-state index contributed by atoms with van der Waals surface area (Å²) in [6.07, 6.45) is 5.05. The van der Waals surface area contributed by atoms with Gasteiger partial charge >= 0.3 is 0 Å². The molecule has 0 spiro atoms. The van der Waals surface area contributed by atoms with E-state index in [1.165, 1.54) is 48.1 Å². The number of para-hydroxylation sites is 1. The molecule has 110 valence electrons. The highest BCUT2D eigenvalue weighted by molar-refractivity contribution is 5.51. The largest absolute Gasteiger partial charge is 0.385 e. The van der Waals surface area contributed by atoms with Crippen LogP contribution in [-0.2, 0) is 19.4 Å². The molecule has 0 saturated heterocycles. The average molecular weight is 280 g/mol. The molecule has 0 aromatic heterocycles. The predicted octanol–water partition coefficient (Wildman–Crippen LogP) is 3.77. The van der Waals surface area contributed by atoms with Crippen LogP contribution in [0.15, 0.2) is 48.5 Å². The van der Waals surface area contributed by atoms with E-state index < -0.39 is 0 Å². The van der Waals surface area contributed by atoms with E-state index in [-0.39, 0.29) is 0 Å². The smallest absolute Gasteiger partial charge is 0.0372 e. The molecule has 2 aromatic carbocycles. The molecule has 0 radical (unpaired) electrons. The minimum absolute atomic E-state index is 1.05. The highest BCUT2D eigenvalue weighted by Crippen LogP contribution is 2.20. The second kappa shape index (κ2) is 7.28. The van der Waals surface area contributed by atoms with E-state index in [1.807, 2.05) is 0 Å². The van der Waals surface area contributed by atoms with Crippen molar-refractivity contribution in [3.63, 3.8) is 0 Å². The standard InChI is InChI=1S/C10H13N.C9H11N/c1-2-7-10-9(5-1)6-3-4-8-11-10;1-2-4-9-7-10-6-5-8(9)3-1/h1-2,5,7,11H,3-4,6,8H2;1-4,10H,5-7H2. The zero-order valence-electron chi connectivity index (χ0n) is 12.6. The zero-order chi connectivity index (χ0) is 14.3. The van der Waals surface area contributed by atoms with Gasteiger partial charge in [-0.2, -0.15) is 0 Å². The van der Waals surface area contributed by atoms with E-state index in [1.54, 1.807) is 0 Å². The van der Waals surface area contributed by atoms with Gasteiger partial charge in [-0.1, -0.05) is 42.5 Å². The van der Waals surface area contributed by atoms with E-state index in [9.17, 15) is 0 Å². The third kappa shape index (κ3) is 3.85. The Morgan fingerprint density at radius 1 is 0.667 bits per heavy atom. The van der Waals surface area contributed by atoms with E-state index in [0.717, 1.165) is 19.6 Å². The van der Waals surface area contributed by atoms with Crippen LogP contribution in [0, 0.1) is 0 Å². The van der Waals surface area contributed by atoms with Gasteiger partial charge in [0.15, 0.2) is 0 Å². The van der Waals surface area contributed by atoms with Crippen molar-refractivity contribution >= 4 is 5.69 Å². The maximum atomic E-state index is 3.43. The molecule has 2 nitrogen and oxygen atoms in total. The van der Waals surface area contributed by atoms with E-state index in [0.29, 0.717) is 0 Å². The molecule has 0 unspecified atom stereocenters. The van der Waals surface area contributed by atoms with Crippen LogP contribution in [0.1, 0.15) is 29.5 Å². The van der Waals surface area contributed by atoms with E-state index >= 15 is 0 Å². The summed E-state index contributed by atoms with van der Waals surface area (Å²) in [5.41, 5.74) is 5.80.